The molecule has 0 bridgehead atoms. The predicted octanol–water partition coefficient (Wildman–Crippen LogP) is 4.72. The quantitative estimate of drug-likeness (QED) is 0.539. The number of hydrogen-bond acceptors (Lipinski definition) is 4. The Morgan fingerprint density at radius 3 is 1.91 bits per heavy atom. The molecule has 5 heteroatoms. The first-order chi connectivity index (χ1) is 16.4. The van der Waals surface area contributed by atoms with E-state index >= 15 is 0 Å². The monoisotopic (exact) mass is 451 g/mol. The lowest BCUT2D eigenvalue weighted by molar-refractivity contribution is -0.120. The molecule has 3 aromatic carbocycles. The van der Waals surface area contributed by atoms with Gasteiger partial charge in [0.05, 0.1) is 11.3 Å². The van der Waals surface area contributed by atoms with Crippen molar-refractivity contribution in [1.82, 2.24) is 4.90 Å². The van der Waals surface area contributed by atoms with E-state index in [2.05, 4.69) is 28.9 Å². The Hall–Kier alpha value is -3.86. The van der Waals surface area contributed by atoms with Crippen molar-refractivity contribution in [2.45, 2.75) is 20.8 Å². The largest absolute Gasteiger partial charge is 0.368 e. The van der Waals surface area contributed by atoms with Gasteiger partial charge in [0, 0.05) is 31.9 Å². The zero-order valence-corrected chi connectivity index (χ0v) is 19.9. The number of imide groups is 1. The highest BCUT2D eigenvalue weighted by molar-refractivity contribution is 6.45. The summed E-state index contributed by atoms with van der Waals surface area (Å²) < 4.78 is 0. The van der Waals surface area contributed by atoms with Gasteiger partial charge in [-0.3, -0.25) is 9.59 Å². The second kappa shape index (κ2) is 8.82. The summed E-state index contributed by atoms with van der Waals surface area (Å²) in [5.74, 6) is -0.493. The van der Waals surface area contributed by atoms with Crippen LogP contribution in [0.1, 0.15) is 22.3 Å². The highest BCUT2D eigenvalue weighted by atomic mass is 16.2. The van der Waals surface area contributed by atoms with E-state index in [4.69, 9.17) is 0 Å². The van der Waals surface area contributed by atoms with Gasteiger partial charge in [-0.15, -0.1) is 0 Å². The second-order valence-corrected chi connectivity index (χ2v) is 9.11. The molecule has 0 saturated carbocycles. The molecule has 0 atom stereocenters. The standard InChI is InChI=1S/C29H29N3O2/c1-20-9-13-25(14-10-20)32-28(33)26(23-12-11-21(2)22(3)19-23)27(29(32)34)31-17-15-30(16-18-31)24-7-5-4-6-8-24/h4-14,19H,15-18H2,1-3H3. The van der Waals surface area contributed by atoms with Crippen LogP contribution in [-0.4, -0.2) is 42.9 Å². The van der Waals surface area contributed by atoms with Crippen LogP contribution in [0, 0.1) is 20.8 Å². The molecular weight excluding hydrogens is 422 g/mol. The van der Waals surface area contributed by atoms with Gasteiger partial charge in [-0.1, -0.05) is 54.1 Å². The summed E-state index contributed by atoms with van der Waals surface area (Å²) in [6.07, 6.45) is 0. The number of nitrogens with zero attached hydrogens (tertiary/aromatic N) is 3. The number of hydrogen-bond donors (Lipinski definition) is 0. The Balaban J connectivity index is 1.52. The molecule has 0 unspecified atom stereocenters. The lowest BCUT2D eigenvalue weighted by Crippen LogP contribution is -2.47. The minimum Gasteiger partial charge on any atom is -0.368 e. The summed E-state index contributed by atoms with van der Waals surface area (Å²) in [6.45, 7) is 9.03. The smallest absolute Gasteiger partial charge is 0.282 e. The Morgan fingerprint density at radius 2 is 1.26 bits per heavy atom. The first kappa shape index (κ1) is 22.0. The molecular formula is C29H29N3O2. The maximum atomic E-state index is 13.8. The number of rotatable bonds is 4. The van der Waals surface area contributed by atoms with Gasteiger partial charge in [0.2, 0.25) is 0 Å². The van der Waals surface area contributed by atoms with Crippen molar-refractivity contribution in [3.05, 3.63) is 101 Å². The zero-order chi connectivity index (χ0) is 23.8. The van der Waals surface area contributed by atoms with E-state index in [-0.39, 0.29) is 11.8 Å². The number of carbonyl (C=O) groups is 2. The van der Waals surface area contributed by atoms with E-state index < -0.39 is 0 Å². The molecule has 5 nitrogen and oxygen atoms in total. The molecule has 2 aliphatic rings. The summed E-state index contributed by atoms with van der Waals surface area (Å²) in [5, 5.41) is 0. The summed E-state index contributed by atoms with van der Waals surface area (Å²) in [5.41, 5.74) is 6.96. The summed E-state index contributed by atoms with van der Waals surface area (Å²) in [6, 6.07) is 23.9. The molecule has 0 radical (unpaired) electrons. The number of benzene rings is 3. The molecule has 0 aliphatic carbocycles. The number of anilines is 2. The highest BCUT2D eigenvalue weighted by Gasteiger charge is 2.43. The van der Waals surface area contributed by atoms with Crippen LogP contribution in [0.5, 0.6) is 0 Å². The maximum Gasteiger partial charge on any atom is 0.282 e. The first-order valence-electron chi connectivity index (χ1n) is 11.8. The molecule has 2 aliphatic heterocycles. The van der Waals surface area contributed by atoms with Crippen LogP contribution in [0.4, 0.5) is 11.4 Å². The van der Waals surface area contributed by atoms with Crippen molar-refractivity contribution in [1.29, 1.82) is 0 Å². The van der Waals surface area contributed by atoms with E-state index in [1.54, 1.807) is 0 Å². The van der Waals surface area contributed by atoms with E-state index in [1.807, 2.05) is 74.5 Å². The fourth-order valence-corrected chi connectivity index (χ4v) is 4.72. The molecule has 34 heavy (non-hydrogen) atoms. The van der Waals surface area contributed by atoms with Crippen LogP contribution < -0.4 is 9.80 Å². The molecule has 172 valence electrons. The average molecular weight is 452 g/mol. The number of para-hydroxylation sites is 1. The van der Waals surface area contributed by atoms with Crippen molar-refractivity contribution in [2.75, 3.05) is 36.0 Å². The first-order valence-corrected chi connectivity index (χ1v) is 11.8. The van der Waals surface area contributed by atoms with Crippen molar-refractivity contribution in [2.24, 2.45) is 0 Å². The average Bonchev–Trinajstić information content (AvgIpc) is 3.12. The van der Waals surface area contributed by atoms with Crippen molar-refractivity contribution >= 4 is 28.8 Å². The molecule has 1 saturated heterocycles. The Labute approximate surface area is 200 Å². The third-order valence-electron chi connectivity index (χ3n) is 6.86. The summed E-state index contributed by atoms with van der Waals surface area (Å²) in [4.78, 5) is 33.3. The fraction of sp³-hybridized carbons (Fsp3) is 0.241. The summed E-state index contributed by atoms with van der Waals surface area (Å²) >= 11 is 0. The molecule has 1 fully saturated rings. The van der Waals surface area contributed by atoms with E-state index in [0.717, 1.165) is 35.3 Å². The van der Waals surface area contributed by atoms with E-state index in [0.29, 0.717) is 30.0 Å². The Kier molecular flexibility index (Phi) is 5.70. The van der Waals surface area contributed by atoms with Crippen LogP contribution in [0.3, 0.4) is 0 Å². The molecule has 5 rings (SSSR count). The Morgan fingerprint density at radius 1 is 0.618 bits per heavy atom. The van der Waals surface area contributed by atoms with Crippen molar-refractivity contribution in [3.63, 3.8) is 0 Å². The lowest BCUT2D eigenvalue weighted by atomic mass is 9.99. The molecule has 0 spiro atoms. The number of piperazine rings is 1. The van der Waals surface area contributed by atoms with Gasteiger partial charge in [0.1, 0.15) is 5.70 Å². The van der Waals surface area contributed by atoms with E-state index in [1.165, 1.54) is 10.6 Å². The molecule has 0 N–H and O–H groups in total. The van der Waals surface area contributed by atoms with Crippen molar-refractivity contribution in [3.8, 4) is 0 Å². The molecule has 0 aromatic heterocycles. The molecule has 2 amide bonds. The van der Waals surface area contributed by atoms with Gasteiger partial charge in [-0.2, -0.15) is 0 Å². The van der Waals surface area contributed by atoms with Crippen LogP contribution in [0.25, 0.3) is 5.57 Å². The van der Waals surface area contributed by atoms with Gasteiger partial charge in [-0.05, 0) is 61.7 Å². The van der Waals surface area contributed by atoms with Gasteiger partial charge in [-0.25, -0.2) is 4.90 Å². The third-order valence-corrected chi connectivity index (χ3v) is 6.86. The normalized spacial score (nSPS) is 16.6. The lowest BCUT2D eigenvalue weighted by Gasteiger charge is -2.37. The predicted molar refractivity (Wildman–Crippen MR) is 137 cm³/mol. The van der Waals surface area contributed by atoms with Gasteiger partial charge < -0.3 is 9.80 Å². The molecule has 3 aromatic rings. The van der Waals surface area contributed by atoms with E-state index in [9.17, 15) is 9.59 Å². The maximum absolute atomic E-state index is 13.8. The number of carbonyl (C=O) groups excluding carboxylic acids is 2. The SMILES string of the molecule is Cc1ccc(N2C(=O)C(c3ccc(C)c(C)c3)=C(N3CCN(c4ccccc4)CC3)C2=O)cc1. The van der Waals surface area contributed by atoms with Crippen LogP contribution in [-0.2, 0) is 9.59 Å². The number of aryl methyl sites for hydroxylation is 3. The topological polar surface area (TPSA) is 43.9 Å². The van der Waals surface area contributed by atoms with Gasteiger partial charge >= 0.3 is 0 Å². The third kappa shape index (κ3) is 3.87. The fourth-order valence-electron chi connectivity index (χ4n) is 4.72. The minimum atomic E-state index is -0.252. The van der Waals surface area contributed by atoms with Crippen LogP contribution in [0.2, 0.25) is 0 Å². The van der Waals surface area contributed by atoms with Gasteiger partial charge in [0.25, 0.3) is 11.8 Å². The number of amides is 2. The van der Waals surface area contributed by atoms with Crippen LogP contribution in [0.15, 0.2) is 78.5 Å². The minimum absolute atomic E-state index is 0.241. The zero-order valence-electron chi connectivity index (χ0n) is 19.9. The second-order valence-electron chi connectivity index (χ2n) is 9.11. The summed E-state index contributed by atoms with van der Waals surface area (Å²) in [7, 11) is 0. The Bertz CT molecular complexity index is 1270. The van der Waals surface area contributed by atoms with Crippen LogP contribution >= 0.6 is 0 Å². The highest BCUT2D eigenvalue weighted by Crippen LogP contribution is 2.36. The molecule has 2 heterocycles. The van der Waals surface area contributed by atoms with Gasteiger partial charge in [0.15, 0.2) is 0 Å². The van der Waals surface area contributed by atoms with Crippen molar-refractivity contribution < 1.29 is 9.59 Å².